The number of carbonyl (C=O) groups excluding carboxylic acids is 3. The van der Waals surface area contributed by atoms with Gasteiger partial charge in [0.1, 0.15) is 0 Å². The maximum Gasteiger partial charge on any atom is 0.416 e. The molecule has 0 aromatic heterocycles. The third-order valence-corrected chi connectivity index (χ3v) is 6.38. The minimum Gasteiger partial charge on any atom is -0.490 e. The zero-order valence-electron chi connectivity index (χ0n) is 22.7. The first-order chi connectivity index (χ1) is 20.9. The average Bonchev–Trinajstić information content (AvgIpc) is 2.98. The molecule has 4 aromatic carbocycles. The Morgan fingerprint density at radius 1 is 0.864 bits per heavy atom. The van der Waals surface area contributed by atoms with E-state index in [0.29, 0.717) is 10.6 Å². The number of esters is 1. The summed E-state index contributed by atoms with van der Waals surface area (Å²) >= 11 is 12.0. The molecule has 0 fully saturated rings. The van der Waals surface area contributed by atoms with E-state index >= 15 is 0 Å². The fraction of sp³-hybridized carbons (Fsp3) is 0.0968. The topological polar surface area (TPSA) is 106 Å². The summed E-state index contributed by atoms with van der Waals surface area (Å²) in [4.78, 5) is 37.8. The molecule has 0 spiro atoms. The highest BCUT2D eigenvalue weighted by atomic mass is 35.5. The molecule has 4 aromatic rings. The second-order valence-electron chi connectivity index (χ2n) is 8.97. The van der Waals surface area contributed by atoms with Gasteiger partial charge in [0.2, 0.25) is 0 Å². The smallest absolute Gasteiger partial charge is 0.416 e. The molecule has 44 heavy (non-hydrogen) atoms. The molecule has 8 nitrogen and oxygen atoms in total. The number of benzene rings is 4. The Bertz CT molecular complexity index is 1750. The standard InChI is InChI=1S/C31H22Cl2F3N3O5/c1-2-43-27-13-18(9-12-26(27)44-30(42)24-11-10-22(32)16-25(24)33)17-37-39-29(41)20-6-4-8-23(15-20)38-28(40)19-5-3-7-21(14-19)31(34,35)36/h3-17H,2H2,1H3,(H,38,40)(H,39,41). The van der Waals surface area contributed by atoms with Crippen molar-refractivity contribution in [2.75, 3.05) is 11.9 Å². The summed E-state index contributed by atoms with van der Waals surface area (Å²) in [6, 6.07) is 18.8. The Balaban J connectivity index is 1.41. The van der Waals surface area contributed by atoms with Gasteiger partial charge < -0.3 is 14.8 Å². The Kier molecular flexibility index (Phi) is 10.2. The van der Waals surface area contributed by atoms with Gasteiger partial charge in [-0.25, -0.2) is 10.2 Å². The van der Waals surface area contributed by atoms with Gasteiger partial charge >= 0.3 is 12.1 Å². The number of rotatable bonds is 9. The largest absolute Gasteiger partial charge is 0.490 e. The van der Waals surface area contributed by atoms with E-state index in [9.17, 15) is 27.6 Å². The molecule has 0 unspecified atom stereocenters. The number of ether oxygens (including phenoxy) is 2. The van der Waals surface area contributed by atoms with Crippen molar-refractivity contribution in [3.8, 4) is 11.5 Å². The Morgan fingerprint density at radius 3 is 2.30 bits per heavy atom. The van der Waals surface area contributed by atoms with Gasteiger partial charge in [-0.3, -0.25) is 9.59 Å². The number of nitrogens with zero attached hydrogens (tertiary/aromatic N) is 1. The summed E-state index contributed by atoms with van der Waals surface area (Å²) in [6.45, 7) is 2.02. The van der Waals surface area contributed by atoms with Crippen LogP contribution in [0.25, 0.3) is 0 Å². The van der Waals surface area contributed by atoms with E-state index in [1.54, 1.807) is 19.1 Å². The first-order valence-electron chi connectivity index (χ1n) is 12.8. The summed E-state index contributed by atoms with van der Waals surface area (Å²) in [5.41, 5.74) is 2.14. The average molecular weight is 644 g/mol. The number of carbonyl (C=O) groups is 3. The highest BCUT2D eigenvalue weighted by Gasteiger charge is 2.31. The number of halogens is 5. The zero-order chi connectivity index (χ0) is 31.9. The minimum absolute atomic E-state index is 0.117. The molecule has 0 atom stereocenters. The summed E-state index contributed by atoms with van der Waals surface area (Å²) < 4.78 is 50.0. The highest BCUT2D eigenvalue weighted by molar-refractivity contribution is 6.36. The van der Waals surface area contributed by atoms with Crippen molar-refractivity contribution in [1.29, 1.82) is 0 Å². The molecule has 0 aliphatic rings. The van der Waals surface area contributed by atoms with Crippen molar-refractivity contribution in [3.05, 3.63) is 123 Å². The normalized spacial score (nSPS) is 11.2. The molecular formula is C31H22Cl2F3N3O5. The molecule has 0 bridgehead atoms. The lowest BCUT2D eigenvalue weighted by Gasteiger charge is -2.12. The Hall–Kier alpha value is -4.87. The minimum atomic E-state index is -4.60. The van der Waals surface area contributed by atoms with Crippen LogP contribution in [0.3, 0.4) is 0 Å². The fourth-order valence-corrected chi connectivity index (χ4v) is 4.26. The van der Waals surface area contributed by atoms with Crippen LogP contribution in [0.2, 0.25) is 10.0 Å². The molecule has 13 heteroatoms. The summed E-state index contributed by atoms with van der Waals surface area (Å²) in [5.74, 6) is -1.73. The van der Waals surface area contributed by atoms with Crippen molar-refractivity contribution in [1.82, 2.24) is 5.43 Å². The van der Waals surface area contributed by atoms with E-state index in [-0.39, 0.29) is 45.5 Å². The molecule has 0 aliphatic carbocycles. The number of hydrazone groups is 1. The Morgan fingerprint density at radius 2 is 1.59 bits per heavy atom. The van der Waals surface area contributed by atoms with Crippen LogP contribution < -0.4 is 20.2 Å². The van der Waals surface area contributed by atoms with E-state index in [1.165, 1.54) is 60.8 Å². The maximum atomic E-state index is 13.0. The molecule has 226 valence electrons. The van der Waals surface area contributed by atoms with Crippen LogP contribution in [0.1, 0.15) is 49.1 Å². The van der Waals surface area contributed by atoms with Gasteiger partial charge in [0.15, 0.2) is 11.5 Å². The Labute approximate surface area is 259 Å². The second-order valence-corrected chi connectivity index (χ2v) is 9.81. The SMILES string of the molecule is CCOc1cc(C=NNC(=O)c2cccc(NC(=O)c3cccc(C(F)(F)F)c3)c2)ccc1OC(=O)c1ccc(Cl)cc1Cl. The van der Waals surface area contributed by atoms with Gasteiger partial charge in [0.05, 0.1) is 29.0 Å². The fourth-order valence-electron chi connectivity index (χ4n) is 3.78. The van der Waals surface area contributed by atoms with Crippen molar-refractivity contribution in [2.24, 2.45) is 5.10 Å². The molecule has 2 amide bonds. The van der Waals surface area contributed by atoms with E-state index in [1.807, 2.05) is 0 Å². The molecule has 2 N–H and O–H groups in total. The molecule has 4 rings (SSSR count). The van der Waals surface area contributed by atoms with E-state index in [0.717, 1.165) is 18.2 Å². The number of hydrogen-bond donors (Lipinski definition) is 2. The van der Waals surface area contributed by atoms with Crippen LogP contribution in [0.4, 0.5) is 18.9 Å². The molecule has 0 radical (unpaired) electrons. The second kappa shape index (κ2) is 14.1. The lowest BCUT2D eigenvalue weighted by atomic mass is 10.1. The highest BCUT2D eigenvalue weighted by Crippen LogP contribution is 2.31. The van der Waals surface area contributed by atoms with Crippen LogP contribution in [0.15, 0.2) is 90.0 Å². The van der Waals surface area contributed by atoms with Crippen molar-refractivity contribution < 1.29 is 37.0 Å². The molecule has 0 aliphatic heterocycles. The zero-order valence-corrected chi connectivity index (χ0v) is 24.3. The number of nitrogens with one attached hydrogen (secondary N) is 2. The first kappa shape index (κ1) is 32.1. The van der Waals surface area contributed by atoms with Crippen LogP contribution in [0.5, 0.6) is 11.5 Å². The quantitative estimate of drug-likeness (QED) is 0.0843. The number of alkyl halides is 3. The van der Waals surface area contributed by atoms with E-state index in [4.69, 9.17) is 32.7 Å². The van der Waals surface area contributed by atoms with E-state index in [2.05, 4.69) is 15.8 Å². The third kappa shape index (κ3) is 8.36. The predicted molar refractivity (Wildman–Crippen MR) is 160 cm³/mol. The predicted octanol–water partition coefficient (Wildman–Crippen LogP) is 7.65. The van der Waals surface area contributed by atoms with Gasteiger partial charge in [0.25, 0.3) is 11.8 Å². The van der Waals surface area contributed by atoms with Crippen molar-refractivity contribution in [3.63, 3.8) is 0 Å². The first-order valence-corrected chi connectivity index (χ1v) is 13.6. The summed E-state index contributed by atoms with van der Waals surface area (Å²) in [5, 5.41) is 6.91. The van der Waals surface area contributed by atoms with E-state index < -0.39 is 29.5 Å². The monoisotopic (exact) mass is 643 g/mol. The number of hydrogen-bond acceptors (Lipinski definition) is 6. The van der Waals surface area contributed by atoms with Gasteiger partial charge in [-0.1, -0.05) is 35.3 Å². The van der Waals surface area contributed by atoms with Gasteiger partial charge in [0, 0.05) is 21.8 Å². The molecule has 0 saturated carbocycles. The lowest BCUT2D eigenvalue weighted by molar-refractivity contribution is -0.137. The number of anilines is 1. The summed E-state index contributed by atoms with van der Waals surface area (Å²) in [6.07, 6.45) is -3.26. The summed E-state index contributed by atoms with van der Waals surface area (Å²) in [7, 11) is 0. The van der Waals surface area contributed by atoms with Crippen molar-refractivity contribution in [2.45, 2.75) is 13.1 Å². The molecular weight excluding hydrogens is 622 g/mol. The maximum absolute atomic E-state index is 13.0. The van der Waals surface area contributed by atoms with Gasteiger partial charge in [-0.05, 0) is 85.3 Å². The van der Waals surface area contributed by atoms with Gasteiger partial charge in [-0.2, -0.15) is 18.3 Å². The van der Waals surface area contributed by atoms with Crippen LogP contribution in [0, 0.1) is 0 Å². The number of amides is 2. The third-order valence-electron chi connectivity index (χ3n) is 5.84. The lowest BCUT2D eigenvalue weighted by Crippen LogP contribution is -2.18. The van der Waals surface area contributed by atoms with Crippen LogP contribution in [-0.2, 0) is 6.18 Å². The van der Waals surface area contributed by atoms with Crippen molar-refractivity contribution >= 4 is 52.9 Å². The molecule has 0 heterocycles. The van der Waals surface area contributed by atoms with Crippen LogP contribution in [-0.4, -0.2) is 30.6 Å². The van der Waals surface area contributed by atoms with Gasteiger partial charge in [-0.15, -0.1) is 0 Å². The molecule has 0 saturated heterocycles. The van der Waals surface area contributed by atoms with Crippen LogP contribution >= 0.6 is 23.2 Å².